The average Bonchev–Trinajstić information content (AvgIpc) is 2.47. The summed E-state index contributed by atoms with van der Waals surface area (Å²) in [6.07, 6.45) is 0. The molecule has 4 nitrogen and oxygen atoms in total. The highest BCUT2D eigenvalue weighted by atomic mass is 19.1. The number of rotatable bonds is 4. The second-order valence-electron chi connectivity index (χ2n) is 5.85. The number of Topliss-reactive ketones (excluding diaryl/α,β-unsaturated/α-hetero) is 1. The van der Waals surface area contributed by atoms with Crippen molar-refractivity contribution in [1.82, 2.24) is 5.32 Å². The van der Waals surface area contributed by atoms with E-state index in [-0.39, 0.29) is 11.6 Å². The number of anilines is 1. The number of carbonyl (C=O) groups excluding carboxylic acids is 2. The maximum atomic E-state index is 13.0. The summed E-state index contributed by atoms with van der Waals surface area (Å²) in [7, 11) is 0. The normalized spacial score (nSPS) is 11.0. The van der Waals surface area contributed by atoms with Crippen LogP contribution in [-0.4, -0.2) is 11.8 Å². The van der Waals surface area contributed by atoms with E-state index in [9.17, 15) is 14.0 Å². The largest absolute Gasteiger partial charge is 0.329 e. The number of nitrogens with one attached hydrogen (secondary N) is 2. The summed E-state index contributed by atoms with van der Waals surface area (Å²) in [5, 5.41) is 5.53. The van der Waals surface area contributed by atoms with Crippen LogP contribution in [0.5, 0.6) is 0 Å². The highest BCUT2D eigenvalue weighted by molar-refractivity contribution is 5.96. The summed E-state index contributed by atoms with van der Waals surface area (Å²) in [5.74, 6) is -0.393. The number of amides is 2. The SMILES string of the molecule is CC(=O)c1cccc(NC(=O)NC(C)(C)c2ccc(F)cc2)c1. The summed E-state index contributed by atoms with van der Waals surface area (Å²) in [6, 6.07) is 12.3. The lowest BCUT2D eigenvalue weighted by Crippen LogP contribution is -2.43. The Morgan fingerprint density at radius 3 is 2.30 bits per heavy atom. The molecule has 0 radical (unpaired) electrons. The minimum Gasteiger partial charge on any atom is -0.329 e. The maximum Gasteiger partial charge on any atom is 0.319 e. The topological polar surface area (TPSA) is 58.2 Å². The molecule has 0 bridgehead atoms. The third-order valence-corrected chi connectivity index (χ3v) is 3.52. The smallest absolute Gasteiger partial charge is 0.319 e. The van der Waals surface area contributed by atoms with E-state index in [0.717, 1.165) is 5.56 Å². The third-order valence-electron chi connectivity index (χ3n) is 3.52. The molecular weight excluding hydrogens is 295 g/mol. The number of carbonyl (C=O) groups is 2. The van der Waals surface area contributed by atoms with E-state index in [0.29, 0.717) is 11.3 Å². The van der Waals surface area contributed by atoms with Crippen molar-refractivity contribution in [2.24, 2.45) is 0 Å². The molecule has 0 saturated carbocycles. The zero-order valence-electron chi connectivity index (χ0n) is 13.3. The van der Waals surface area contributed by atoms with Gasteiger partial charge in [-0.15, -0.1) is 0 Å². The predicted octanol–water partition coefficient (Wildman–Crippen LogP) is 4.09. The molecule has 0 aliphatic heterocycles. The Morgan fingerprint density at radius 2 is 1.70 bits per heavy atom. The number of hydrogen-bond acceptors (Lipinski definition) is 2. The van der Waals surface area contributed by atoms with Crippen molar-refractivity contribution in [1.29, 1.82) is 0 Å². The van der Waals surface area contributed by atoms with E-state index in [4.69, 9.17) is 0 Å². The maximum absolute atomic E-state index is 13.0. The van der Waals surface area contributed by atoms with Crippen LogP contribution < -0.4 is 10.6 Å². The van der Waals surface area contributed by atoms with Crippen molar-refractivity contribution in [3.8, 4) is 0 Å². The summed E-state index contributed by atoms with van der Waals surface area (Å²) < 4.78 is 13.0. The molecule has 23 heavy (non-hydrogen) atoms. The molecule has 0 heterocycles. The number of ketones is 1. The van der Waals surface area contributed by atoms with Crippen LogP contribution in [0.3, 0.4) is 0 Å². The van der Waals surface area contributed by atoms with Crippen molar-refractivity contribution in [2.75, 3.05) is 5.32 Å². The molecule has 2 rings (SSSR count). The second kappa shape index (κ2) is 6.60. The molecule has 0 atom stereocenters. The minimum absolute atomic E-state index is 0.0688. The van der Waals surface area contributed by atoms with Crippen molar-refractivity contribution < 1.29 is 14.0 Å². The molecule has 120 valence electrons. The van der Waals surface area contributed by atoms with Gasteiger partial charge in [0.1, 0.15) is 5.82 Å². The molecule has 0 spiro atoms. The van der Waals surface area contributed by atoms with Gasteiger partial charge in [0.05, 0.1) is 5.54 Å². The van der Waals surface area contributed by atoms with E-state index in [1.54, 1.807) is 36.4 Å². The lowest BCUT2D eigenvalue weighted by Gasteiger charge is -2.27. The Labute approximate surface area is 134 Å². The first-order chi connectivity index (χ1) is 10.8. The Balaban J connectivity index is 2.08. The van der Waals surface area contributed by atoms with E-state index < -0.39 is 11.6 Å². The van der Waals surface area contributed by atoms with Gasteiger partial charge in [-0.1, -0.05) is 24.3 Å². The van der Waals surface area contributed by atoms with Crippen LogP contribution in [0.2, 0.25) is 0 Å². The van der Waals surface area contributed by atoms with Crippen LogP contribution in [0.1, 0.15) is 36.7 Å². The molecule has 0 unspecified atom stereocenters. The molecule has 2 N–H and O–H groups in total. The third kappa shape index (κ3) is 4.39. The quantitative estimate of drug-likeness (QED) is 0.835. The highest BCUT2D eigenvalue weighted by Gasteiger charge is 2.22. The lowest BCUT2D eigenvalue weighted by atomic mass is 9.94. The van der Waals surface area contributed by atoms with Gasteiger partial charge in [0.15, 0.2) is 5.78 Å². The Morgan fingerprint density at radius 1 is 1.04 bits per heavy atom. The van der Waals surface area contributed by atoms with Crippen molar-refractivity contribution in [3.63, 3.8) is 0 Å². The average molecular weight is 314 g/mol. The van der Waals surface area contributed by atoms with Crippen LogP contribution in [0.4, 0.5) is 14.9 Å². The molecule has 0 fully saturated rings. The van der Waals surface area contributed by atoms with Crippen LogP contribution in [-0.2, 0) is 5.54 Å². The summed E-state index contributed by atoms with van der Waals surface area (Å²) in [6.45, 7) is 5.12. The van der Waals surface area contributed by atoms with Crippen LogP contribution in [0.15, 0.2) is 48.5 Å². The molecule has 2 amide bonds. The summed E-state index contributed by atoms with van der Waals surface area (Å²) >= 11 is 0. The first kappa shape index (κ1) is 16.7. The molecular formula is C18H19FN2O2. The van der Waals surface area contributed by atoms with Crippen LogP contribution in [0, 0.1) is 5.82 Å². The van der Waals surface area contributed by atoms with Gasteiger partial charge < -0.3 is 10.6 Å². The van der Waals surface area contributed by atoms with E-state index in [1.807, 2.05) is 13.8 Å². The van der Waals surface area contributed by atoms with Gasteiger partial charge in [0.25, 0.3) is 0 Å². The Bertz CT molecular complexity index is 724. The summed E-state index contributed by atoms with van der Waals surface area (Å²) in [4.78, 5) is 23.5. The predicted molar refractivity (Wildman–Crippen MR) is 88.0 cm³/mol. The second-order valence-corrected chi connectivity index (χ2v) is 5.85. The van der Waals surface area contributed by atoms with Gasteiger partial charge in [-0.3, -0.25) is 4.79 Å². The summed E-state index contributed by atoms with van der Waals surface area (Å²) in [5.41, 5.74) is 1.17. The zero-order valence-corrected chi connectivity index (χ0v) is 13.3. The van der Waals surface area contributed by atoms with Crippen molar-refractivity contribution in [2.45, 2.75) is 26.3 Å². The minimum atomic E-state index is -0.671. The molecule has 5 heteroatoms. The van der Waals surface area contributed by atoms with E-state index in [1.165, 1.54) is 19.1 Å². The van der Waals surface area contributed by atoms with Gasteiger partial charge in [0.2, 0.25) is 0 Å². The first-order valence-electron chi connectivity index (χ1n) is 7.24. The number of halogens is 1. The number of benzene rings is 2. The first-order valence-corrected chi connectivity index (χ1v) is 7.24. The number of hydrogen-bond donors (Lipinski definition) is 2. The fourth-order valence-electron chi connectivity index (χ4n) is 2.20. The van der Waals surface area contributed by atoms with Gasteiger partial charge in [-0.05, 0) is 50.6 Å². The highest BCUT2D eigenvalue weighted by Crippen LogP contribution is 2.20. The lowest BCUT2D eigenvalue weighted by molar-refractivity contribution is 0.101. The van der Waals surface area contributed by atoms with Crippen LogP contribution >= 0.6 is 0 Å². The Kier molecular flexibility index (Phi) is 4.79. The zero-order chi connectivity index (χ0) is 17.0. The van der Waals surface area contributed by atoms with Crippen LogP contribution in [0.25, 0.3) is 0 Å². The Hall–Kier alpha value is -2.69. The molecule has 0 saturated heterocycles. The molecule has 0 aliphatic rings. The van der Waals surface area contributed by atoms with Gasteiger partial charge in [-0.2, -0.15) is 0 Å². The van der Waals surface area contributed by atoms with E-state index >= 15 is 0 Å². The van der Waals surface area contributed by atoms with Gasteiger partial charge in [0, 0.05) is 11.3 Å². The number of urea groups is 1. The molecule has 0 aliphatic carbocycles. The molecule has 2 aromatic carbocycles. The monoisotopic (exact) mass is 314 g/mol. The van der Waals surface area contributed by atoms with Crippen molar-refractivity contribution in [3.05, 3.63) is 65.5 Å². The van der Waals surface area contributed by atoms with Gasteiger partial charge in [-0.25, -0.2) is 9.18 Å². The standard InChI is InChI=1S/C18H19FN2O2/c1-12(22)13-5-4-6-16(11-13)20-17(23)21-18(2,3)14-7-9-15(19)10-8-14/h4-11H,1-3H3,(H2,20,21,23). The van der Waals surface area contributed by atoms with Gasteiger partial charge >= 0.3 is 6.03 Å². The fraction of sp³-hybridized carbons (Fsp3) is 0.222. The molecule has 2 aromatic rings. The van der Waals surface area contributed by atoms with Crippen molar-refractivity contribution >= 4 is 17.5 Å². The fourth-order valence-corrected chi connectivity index (χ4v) is 2.20. The molecule has 0 aromatic heterocycles. The van der Waals surface area contributed by atoms with E-state index in [2.05, 4.69) is 10.6 Å².